The first-order valence-corrected chi connectivity index (χ1v) is 6.14. The third kappa shape index (κ3) is 2.61. The van der Waals surface area contributed by atoms with Gasteiger partial charge in [-0.3, -0.25) is 4.79 Å². The van der Waals surface area contributed by atoms with E-state index in [1.807, 2.05) is 13.8 Å². The molecule has 2 nitrogen and oxygen atoms in total. The van der Waals surface area contributed by atoms with Gasteiger partial charge in [0.15, 0.2) is 5.78 Å². The van der Waals surface area contributed by atoms with E-state index >= 15 is 0 Å². The summed E-state index contributed by atoms with van der Waals surface area (Å²) in [5.74, 6) is -0.873. The number of hydrogen-bond acceptors (Lipinski definition) is 2. The predicted octanol–water partition coefficient (Wildman–Crippen LogP) is 3.91. The van der Waals surface area contributed by atoms with E-state index in [4.69, 9.17) is 17.3 Å². The average molecular weight is 278 g/mol. The van der Waals surface area contributed by atoms with Gasteiger partial charge in [-0.25, -0.2) is 4.39 Å². The van der Waals surface area contributed by atoms with Crippen LogP contribution >= 0.6 is 11.6 Å². The molecule has 0 spiro atoms. The number of carbonyl (C=O) groups excluding carboxylic acids is 1. The normalized spacial score (nSPS) is 10.5. The van der Waals surface area contributed by atoms with Crippen molar-refractivity contribution >= 4 is 23.1 Å². The number of halogens is 2. The molecule has 2 rings (SSSR count). The number of hydrogen-bond donors (Lipinski definition) is 1. The Labute approximate surface area is 116 Å². The second-order valence-corrected chi connectivity index (χ2v) is 4.88. The van der Waals surface area contributed by atoms with Gasteiger partial charge in [0.25, 0.3) is 0 Å². The number of anilines is 1. The zero-order valence-corrected chi connectivity index (χ0v) is 11.4. The minimum absolute atomic E-state index is 0.130. The molecule has 0 saturated carbocycles. The molecule has 2 aromatic carbocycles. The van der Waals surface area contributed by atoms with E-state index in [2.05, 4.69) is 0 Å². The van der Waals surface area contributed by atoms with Crippen LogP contribution in [0.4, 0.5) is 10.1 Å². The van der Waals surface area contributed by atoms with Crippen LogP contribution in [0.5, 0.6) is 0 Å². The van der Waals surface area contributed by atoms with Gasteiger partial charge in [-0.05, 0) is 55.3 Å². The number of nitrogen functional groups attached to an aromatic ring is 1. The van der Waals surface area contributed by atoms with Crippen LogP contribution in [0, 0.1) is 19.7 Å². The number of carbonyl (C=O) groups is 1. The summed E-state index contributed by atoms with van der Waals surface area (Å²) in [4.78, 5) is 12.4. The van der Waals surface area contributed by atoms with Gasteiger partial charge in [0.2, 0.25) is 0 Å². The Bertz CT molecular complexity index is 667. The first-order valence-electron chi connectivity index (χ1n) is 5.76. The highest BCUT2D eigenvalue weighted by molar-refractivity contribution is 6.35. The van der Waals surface area contributed by atoms with E-state index in [0.29, 0.717) is 10.6 Å². The number of benzene rings is 2. The molecule has 0 atom stereocenters. The van der Waals surface area contributed by atoms with Crippen molar-refractivity contribution in [3.63, 3.8) is 0 Å². The fourth-order valence-corrected chi connectivity index (χ4v) is 2.13. The summed E-state index contributed by atoms with van der Waals surface area (Å²) in [7, 11) is 0. The Balaban J connectivity index is 2.56. The largest absolute Gasteiger partial charge is 0.398 e. The average Bonchev–Trinajstić information content (AvgIpc) is 2.36. The molecule has 2 aromatic rings. The maximum Gasteiger partial charge on any atom is 0.196 e. The SMILES string of the molecule is Cc1cc(Cl)c(C(=O)c2cc(F)ccc2N)cc1C. The number of nitrogens with two attached hydrogens (primary N) is 1. The third-order valence-corrected chi connectivity index (χ3v) is 3.40. The standard InChI is InChI=1S/C15H13ClFNO/c1-8-5-11(13(16)6-9(8)2)15(19)12-7-10(17)3-4-14(12)18/h3-7H,18H2,1-2H3. The lowest BCUT2D eigenvalue weighted by molar-refractivity contribution is 0.103. The first kappa shape index (κ1) is 13.6. The summed E-state index contributed by atoms with van der Waals surface area (Å²) in [6, 6.07) is 7.14. The maximum absolute atomic E-state index is 13.2. The molecule has 0 saturated heterocycles. The van der Waals surface area contributed by atoms with Crippen molar-refractivity contribution in [2.45, 2.75) is 13.8 Å². The highest BCUT2D eigenvalue weighted by atomic mass is 35.5. The Kier molecular flexibility index (Phi) is 3.58. The number of rotatable bonds is 2. The number of ketones is 1. The van der Waals surface area contributed by atoms with Gasteiger partial charge < -0.3 is 5.73 Å². The van der Waals surface area contributed by atoms with Crippen LogP contribution in [0.1, 0.15) is 27.0 Å². The van der Waals surface area contributed by atoms with Crippen LogP contribution in [-0.2, 0) is 0 Å². The van der Waals surface area contributed by atoms with Crippen LogP contribution in [-0.4, -0.2) is 5.78 Å². The van der Waals surface area contributed by atoms with Gasteiger partial charge in [-0.2, -0.15) is 0 Å². The van der Waals surface area contributed by atoms with E-state index < -0.39 is 5.82 Å². The fraction of sp³-hybridized carbons (Fsp3) is 0.133. The van der Waals surface area contributed by atoms with Crippen molar-refractivity contribution in [1.82, 2.24) is 0 Å². The van der Waals surface area contributed by atoms with Gasteiger partial charge in [-0.15, -0.1) is 0 Å². The Morgan fingerprint density at radius 3 is 2.42 bits per heavy atom. The molecule has 0 aliphatic rings. The Morgan fingerprint density at radius 2 is 1.74 bits per heavy atom. The van der Waals surface area contributed by atoms with E-state index in [1.54, 1.807) is 12.1 Å². The van der Waals surface area contributed by atoms with Crippen LogP contribution in [0.25, 0.3) is 0 Å². The summed E-state index contributed by atoms with van der Waals surface area (Å²) in [6.45, 7) is 3.80. The van der Waals surface area contributed by atoms with Gasteiger partial charge in [0.05, 0.1) is 5.02 Å². The lowest BCUT2D eigenvalue weighted by Crippen LogP contribution is -2.07. The molecule has 0 fully saturated rings. The molecule has 0 radical (unpaired) electrons. The topological polar surface area (TPSA) is 43.1 Å². The minimum atomic E-state index is -0.502. The van der Waals surface area contributed by atoms with E-state index in [-0.39, 0.29) is 17.0 Å². The molecule has 0 aliphatic heterocycles. The monoisotopic (exact) mass is 277 g/mol. The van der Waals surface area contributed by atoms with Crippen molar-refractivity contribution in [2.75, 3.05) is 5.73 Å². The molecule has 4 heteroatoms. The molecule has 0 aliphatic carbocycles. The van der Waals surface area contributed by atoms with Crippen molar-refractivity contribution in [3.05, 3.63) is 63.4 Å². The molecule has 98 valence electrons. The van der Waals surface area contributed by atoms with Crippen molar-refractivity contribution in [3.8, 4) is 0 Å². The molecule has 0 heterocycles. The first-order chi connectivity index (χ1) is 8.90. The van der Waals surface area contributed by atoms with Crippen LogP contribution in [0.15, 0.2) is 30.3 Å². The van der Waals surface area contributed by atoms with Crippen LogP contribution < -0.4 is 5.73 Å². The third-order valence-electron chi connectivity index (χ3n) is 3.09. The molecule has 0 aromatic heterocycles. The van der Waals surface area contributed by atoms with Crippen LogP contribution in [0.3, 0.4) is 0 Å². The fourth-order valence-electron chi connectivity index (χ4n) is 1.83. The lowest BCUT2D eigenvalue weighted by atomic mass is 9.98. The molecule has 0 amide bonds. The summed E-state index contributed by atoms with van der Waals surface area (Å²) in [5, 5.41) is 0.344. The molecule has 19 heavy (non-hydrogen) atoms. The van der Waals surface area contributed by atoms with Gasteiger partial charge in [0, 0.05) is 16.8 Å². The summed E-state index contributed by atoms with van der Waals surface area (Å²) < 4.78 is 13.2. The lowest BCUT2D eigenvalue weighted by Gasteiger charge is -2.09. The Morgan fingerprint density at radius 1 is 1.11 bits per heavy atom. The summed E-state index contributed by atoms with van der Waals surface area (Å²) >= 11 is 6.08. The molecular formula is C15H13ClFNO. The Hall–Kier alpha value is -1.87. The van der Waals surface area contributed by atoms with Gasteiger partial charge in [0.1, 0.15) is 5.82 Å². The smallest absolute Gasteiger partial charge is 0.196 e. The molecular weight excluding hydrogens is 265 g/mol. The highest BCUT2D eigenvalue weighted by Crippen LogP contribution is 2.25. The van der Waals surface area contributed by atoms with Crippen molar-refractivity contribution < 1.29 is 9.18 Å². The van der Waals surface area contributed by atoms with Gasteiger partial charge in [-0.1, -0.05) is 11.6 Å². The number of aryl methyl sites for hydroxylation is 2. The zero-order valence-electron chi connectivity index (χ0n) is 10.6. The molecule has 0 unspecified atom stereocenters. The maximum atomic E-state index is 13.2. The van der Waals surface area contributed by atoms with Crippen LogP contribution in [0.2, 0.25) is 5.02 Å². The quantitative estimate of drug-likeness (QED) is 0.668. The minimum Gasteiger partial charge on any atom is -0.398 e. The summed E-state index contributed by atoms with van der Waals surface area (Å²) in [6.07, 6.45) is 0. The molecule has 0 bridgehead atoms. The summed E-state index contributed by atoms with van der Waals surface area (Å²) in [5.41, 5.74) is 8.36. The van der Waals surface area contributed by atoms with Crippen molar-refractivity contribution in [2.24, 2.45) is 0 Å². The zero-order chi connectivity index (χ0) is 14.2. The van der Waals surface area contributed by atoms with Gasteiger partial charge >= 0.3 is 0 Å². The van der Waals surface area contributed by atoms with E-state index in [0.717, 1.165) is 17.2 Å². The van der Waals surface area contributed by atoms with E-state index in [9.17, 15) is 9.18 Å². The highest BCUT2D eigenvalue weighted by Gasteiger charge is 2.17. The second-order valence-electron chi connectivity index (χ2n) is 4.48. The molecule has 2 N–H and O–H groups in total. The predicted molar refractivity (Wildman–Crippen MR) is 75.2 cm³/mol. The second kappa shape index (κ2) is 5.02. The van der Waals surface area contributed by atoms with E-state index in [1.165, 1.54) is 12.1 Å². The van der Waals surface area contributed by atoms with Crippen molar-refractivity contribution in [1.29, 1.82) is 0 Å².